The van der Waals surface area contributed by atoms with Crippen LogP contribution in [0.25, 0.3) is 0 Å². The lowest BCUT2D eigenvalue weighted by atomic mass is 10.0. The average Bonchev–Trinajstić information content (AvgIpc) is 1.80. The van der Waals surface area contributed by atoms with Crippen LogP contribution in [0.4, 0.5) is 0 Å². The smallest absolute Gasteiger partial charge is 0.308 e. The predicted molar refractivity (Wildman–Crippen MR) is 34.0 cm³/mol. The van der Waals surface area contributed by atoms with Gasteiger partial charge in [0.25, 0.3) is 0 Å². The van der Waals surface area contributed by atoms with Crippen LogP contribution in [-0.2, 0) is 9.53 Å². The molecule has 9 heavy (non-hydrogen) atoms. The van der Waals surface area contributed by atoms with Crippen molar-refractivity contribution in [1.29, 1.82) is 0 Å². The molecule has 52 valence electrons. The molecule has 1 heterocycles. The molecule has 0 aliphatic carbocycles. The summed E-state index contributed by atoms with van der Waals surface area (Å²) in [5.41, 5.74) is 0. The van der Waals surface area contributed by atoms with Gasteiger partial charge in [0.15, 0.2) is 0 Å². The van der Waals surface area contributed by atoms with Crippen molar-refractivity contribution >= 4 is 5.97 Å². The topological polar surface area (TPSA) is 26.3 Å². The minimum Gasteiger partial charge on any atom is -0.462 e. The van der Waals surface area contributed by atoms with Crippen LogP contribution in [0.2, 0.25) is 0 Å². The number of esters is 1. The molecule has 2 heteroatoms. The summed E-state index contributed by atoms with van der Waals surface area (Å²) in [6.07, 6.45) is 2.15. The number of hydrogen-bond donors (Lipinski definition) is 0. The minimum atomic E-state index is -0.0336. The summed E-state index contributed by atoms with van der Waals surface area (Å²) in [5.74, 6) is 0.0925. The Bertz CT molecular complexity index is 120. The lowest BCUT2D eigenvalue weighted by Crippen LogP contribution is -2.27. The molecule has 0 amide bonds. The first-order chi connectivity index (χ1) is 4.20. The molecule has 0 aromatic rings. The predicted octanol–water partition coefficient (Wildman–Crippen LogP) is 1.35. The van der Waals surface area contributed by atoms with Crippen molar-refractivity contribution in [2.75, 3.05) is 0 Å². The van der Waals surface area contributed by atoms with E-state index in [1.165, 1.54) is 0 Å². The molecule has 0 N–H and O–H groups in total. The van der Waals surface area contributed by atoms with Crippen LogP contribution in [0.1, 0.15) is 26.7 Å². The van der Waals surface area contributed by atoms with Gasteiger partial charge in [0.2, 0.25) is 0 Å². The van der Waals surface area contributed by atoms with Crippen LogP contribution in [0.5, 0.6) is 0 Å². The fourth-order valence-corrected chi connectivity index (χ4v) is 0.976. The van der Waals surface area contributed by atoms with Gasteiger partial charge in [-0.15, -0.1) is 0 Å². The second-order valence-corrected chi connectivity index (χ2v) is 2.73. The molecular weight excluding hydrogens is 116 g/mol. The maximum absolute atomic E-state index is 10.8. The molecule has 1 fully saturated rings. The zero-order valence-corrected chi connectivity index (χ0v) is 5.89. The highest BCUT2D eigenvalue weighted by Gasteiger charge is 2.23. The molecule has 0 radical (unpaired) electrons. The monoisotopic (exact) mass is 128 g/mol. The van der Waals surface area contributed by atoms with E-state index in [1.54, 1.807) is 0 Å². The Hall–Kier alpha value is -0.530. The second-order valence-electron chi connectivity index (χ2n) is 2.73. The number of ether oxygens (including phenoxy) is 1. The molecular formula is C7H12O2. The Morgan fingerprint density at radius 2 is 2.11 bits per heavy atom. The van der Waals surface area contributed by atoms with Crippen LogP contribution >= 0.6 is 0 Å². The van der Waals surface area contributed by atoms with E-state index in [-0.39, 0.29) is 18.0 Å². The highest BCUT2D eigenvalue weighted by atomic mass is 16.5. The van der Waals surface area contributed by atoms with Crippen molar-refractivity contribution in [2.24, 2.45) is 5.92 Å². The van der Waals surface area contributed by atoms with Gasteiger partial charge >= 0.3 is 5.97 Å². The molecule has 2 nitrogen and oxygen atoms in total. The summed E-state index contributed by atoms with van der Waals surface area (Å²) >= 11 is 0. The standard InChI is InChI=1S/C7H12O2/c1-5-3-4-6(2)9-7(5)8/h5-6H,3-4H2,1-2H3/t5-,6+/m1/s1. The Morgan fingerprint density at radius 1 is 1.44 bits per heavy atom. The summed E-state index contributed by atoms with van der Waals surface area (Å²) < 4.78 is 4.96. The van der Waals surface area contributed by atoms with Gasteiger partial charge in [0, 0.05) is 0 Å². The number of carbonyl (C=O) groups excluding carboxylic acids is 1. The van der Waals surface area contributed by atoms with Crippen LogP contribution in [0.15, 0.2) is 0 Å². The van der Waals surface area contributed by atoms with E-state index in [0.717, 1.165) is 12.8 Å². The van der Waals surface area contributed by atoms with Gasteiger partial charge in [-0.05, 0) is 19.8 Å². The summed E-state index contributed by atoms with van der Waals surface area (Å²) in [5, 5.41) is 0. The first-order valence-corrected chi connectivity index (χ1v) is 3.40. The third kappa shape index (κ3) is 1.44. The second kappa shape index (κ2) is 2.38. The van der Waals surface area contributed by atoms with Gasteiger partial charge in [-0.2, -0.15) is 0 Å². The van der Waals surface area contributed by atoms with Gasteiger partial charge in [-0.3, -0.25) is 4.79 Å². The first kappa shape index (κ1) is 6.59. The van der Waals surface area contributed by atoms with E-state index in [2.05, 4.69) is 0 Å². The van der Waals surface area contributed by atoms with E-state index in [4.69, 9.17) is 4.74 Å². The van der Waals surface area contributed by atoms with Crippen LogP contribution in [-0.4, -0.2) is 12.1 Å². The normalized spacial score (nSPS) is 36.0. The molecule has 1 aliphatic heterocycles. The summed E-state index contributed by atoms with van der Waals surface area (Å²) in [6.45, 7) is 3.85. The van der Waals surface area contributed by atoms with Gasteiger partial charge in [-0.1, -0.05) is 6.92 Å². The van der Waals surface area contributed by atoms with Crippen molar-refractivity contribution in [3.05, 3.63) is 0 Å². The van der Waals surface area contributed by atoms with Crippen LogP contribution < -0.4 is 0 Å². The van der Waals surface area contributed by atoms with Gasteiger partial charge in [0.1, 0.15) is 0 Å². The van der Waals surface area contributed by atoms with Crippen molar-refractivity contribution in [2.45, 2.75) is 32.8 Å². The Labute approximate surface area is 55.2 Å². The molecule has 0 unspecified atom stereocenters. The summed E-state index contributed by atoms with van der Waals surface area (Å²) in [7, 11) is 0. The van der Waals surface area contributed by atoms with E-state index in [1.807, 2.05) is 13.8 Å². The molecule has 1 saturated heterocycles. The average molecular weight is 128 g/mol. The molecule has 0 spiro atoms. The Kier molecular flexibility index (Phi) is 1.74. The van der Waals surface area contributed by atoms with Crippen molar-refractivity contribution < 1.29 is 9.53 Å². The largest absolute Gasteiger partial charge is 0.462 e. The maximum atomic E-state index is 10.8. The molecule has 0 aromatic carbocycles. The lowest BCUT2D eigenvalue weighted by molar-refractivity contribution is -0.158. The van der Waals surface area contributed by atoms with Crippen molar-refractivity contribution in [1.82, 2.24) is 0 Å². The quantitative estimate of drug-likeness (QED) is 0.460. The minimum absolute atomic E-state index is 0.0336. The SMILES string of the molecule is C[C@@H]1CC[C@H](C)OC1=O. The third-order valence-corrected chi connectivity index (χ3v) is 1.73. The molecule has 1 aliphatic rings. The molecule has 2 atom stereocenters. The Balaban J connectivity index is 2.44. The molecule has 1 rings (SSSR count). The van der Waals surface area contributed by atoms with Gasteiger partial charge in [-0.25, -0.2) is 0 Å². The zero-order valence-electron chi connectivity index (χ0n) is 5.89. The van der Waals surface area contributed by atoms with E-state index < -0.39 is 0 Å². The lowest BCUT2D eigenvalue weighted by Gasteiger charge is -2.22. The van der Waals surface area contributed by atoms with Crippen LogP contribution in [0.3, 0.4) is 0 Å². The molecule has 0 saturated carbocycles. The number of hydrogen-bond acceptors (Lipinski definition) is 2. The van der Waals surface area contributed by atoms with Crippen LogP contribution in [0, 0.1) is 5.92 Å². The fourth-order valence-electron chi connectivity index (χ4n) is 0.976. The van der Waals surface area contributed by atoms with Crippen molar-refractivity contribution in [3.63, 3.8) is 0 Å². The highest BCUT2D eigenvalue weighted by molar-refractivity contribution is 5.72. The van der Waals surface area contributed by atoms with Crippen molar-refractivity contribution in [3.8, 4) is 0 Å². The van der Waals surface area contributed by atoms with E-state index >= 15 is 0 Å². The Morgan fingerprint density at radius 3 is 2.56 bits per heavy atom. The van der Waals surface area contributed by atoms with Gasteiger partial charge in [0.05, 0.1) is 12.0 Å². The summed E-state index contributed by atoms with van der Waals surface area (Å²) in [4.78, 5) is 10.8. The first-order valence-electron chi connectivity index (χ1n) is 3.40. The van der Waals surface area contributed by atoms with E-state index in [0.29, 0.717) is 0 Å². The molecule has 0 aromatic heterocycles. The number of rotatable bonds is 0. The van der Waals surface area contributed by atoms with E-state index in [9.17, 15) is 4.79 Å². The zero-order chi connectivity index (χ0) is 6.85. The fraction of sp³-hybridized carbons (Fsp3) is 0.857. The number of carbonyl (C=O) groups is 1. The van der Waals surface area contributed by atoms with Gasteiger partial charge < -0.3 is 4.74 Å². The summed E-state index contributed by atoms with van der Waals surface area (Å²) in [6, 6.07) is 0. The third-order valence-electron chi connectivity index (χ3n) is 1.73. The number of cyclic esters (lactones) is 1. The highest BCUT2D eigenvalue weighted by Crippen LogP contribution is 2.18. The molecule has 0 bridgehead atoms. The maximum Gasteiger partial charge on any atom is 0.308 e.